The van der Waals surface area contributed by atoms with Crippen LogP contribution in [-0.4, -0.2) is 19.6 Å². The lowest BCUT2D eigenvalue weighted by Crippen LogP contribution is -2.22. The van der Waals surface area contributed by atoms with Crippen molar-refractivity contribution in [3.8, 4) is 11.5 Å². The van der Waals surface area contributed by atoms with Crippen molar-refractivity contribution in [3.05, 3.63) is 59.7 Å². The highest BCUT2D eigenvalue weighted by molar-refractivity contribution is 5.94. The van der Waals surface area contributed by atoms with Gasteiger partial charge in [0.05, 0.1) is 13.7 Å². The molecule has 2 aromatic carbocycles. The number of ether oxygens (including phenoxy) is 2. The third-order valence-electron chi connectivity index (χ3n) is 3.04. The minimum Gasteiger partial charge on any atom is -0.497 e. The predicted octanol–water partition coefficient (Wildman–Crippen LogP) is 3.02. The number of hydrogen-bond acceptors (Lipinski definition) is 3. The zero-order valence-electron chi connectivity index (χ0n) is 12.3. The van der Waals surface area contributed by atoms with Crippen LogP contribution in [-0.2, 0) is 6.54 Å². The Morgan fingerprint density at radius 1 is 1.00 bits per heavy atom. The summed E-state index contributed by atoms with van der Waals surface area (Å²) in [5.74, 6) is 1.47. The molecule has 1 amide bonds. The van der Waals surface area contributed by atoms with Crippen LogP contribution in [0.1, 0.15) is 22.8 Å². The van der Waals surface area contributed by atoms with Gasteiger partial charge in [-0.05, 0) is 48.9 Å². The number of benzene rings is 2. The molecule has 0 bridgehead atoms. The maximum atomic E-state index is 12.0. The van der Waals surface area contributed by atoms with Crippen LogP contribution in [0.15, 0.2) is 48.5 Å². The fourth-order valence-corrected chi connectivity index (χ4v) is 1.90. The zero-order valence-corrected chi connectivity index (χ0v) is 12.3. The quantitative estimate of drug-likeness (QED) is 0.887. The normalized spacial score (nSPS) is 10.0. The summed E-state index contributed by atoms with van der Waals surface area (Å²) in [6.07, 6.45) is 0. The van der Waals surface area contributed by atoms with E-state index in [0.29, 0.717) is 18.7 Å². The van der Waals surface area contributed by atoms with Gasteiger partial charge in [-0.2, -0.15) is 0 Å². The minimum absolute atomic E-state index is 0.103. The van der Waals surface area contributed by atoms with Crippen molar-refractivity contribution in [2.45, 2.75) is 13.5 Å². The molecule has 21 heavy (non-hydrogen) atoms. The summed E-state index contributed by atoms with van der Waals surface area (Å²) in [6.45, 7) is 3.02. The van der Waals surface area contributed by atoms with E-state index >= 15 is 0 Å². The molecule has 0 radical (unpaired) electrons. The Morgan fingerprint density at radius 2 is 1.62 bits per heavy atom. The summed E-state index contributed by atoms with van der Waals surface area (Å²) in [7, 11) is 1.63. The van der Waals surface area contributed by atoms with Gasteiger partial charge in [0.15, 0.2) is 0 Å². The van der Waals surface area contributed by atoms with E-state index in [1.807, 2.05) is 31.2 Å². The van der Waals surface area contributed by atoms with Crippen LogP contribution < -0.4 is 14.8 Å². The smallest absolute Gasteiger partial charge is 0.251 e. The van der Waals surface area contributed by atoms with E-state index in [-0.39, 0.29) is 5.91 Å². The molecular weight excluding hydrogens is 266 g/mol. The lowest BCUT2D eigenvalue weighted by atomic mass is 10.2. The van der Waals surface area contributed by atoms with Gasteiger partial charge in [-0.15, -0.1) is 0 Å². The Kier molecular flexibility index (Phi) is 5.21. The molecule has 0 aliphatic carbocycles. The number of amides is 1. The molecule has 0 fully saturated rings. The fourth-order valence-electron chi connectivity index (χ4n) is 1.90. The number of nitrogens with one attached hydrogen (secondary N) is 1. The van der Waals surface area contributed by atoms with Crippen LogP contribution in [0.25, 0.3) is 0 Å². The van der Waals surface area contributed by atoms with E-state index < -0.39 is 0 Å². The van der Waals surface area contributed by atoms with Crippen LogP contribution in [0.2, 0.25) is 0 Å². The third-order valence-corrected chi connectivity index (χ3v) is 3.04. The second-order valence-corrected chi connectivity index (χ2v) is 4.49. The van der Waals surface area contributed by atoms with E-state index in [4.69, 9.17) is 9.47 Å². The number of hydrogen-bond donors (Lipinski definition) is 1. The molecule has 0 spiro atoms. The van der Waals surface area contributed by atoms with Gasteiger partial charge in [0.2, 0.25) is 0 Å². The minimum atomic E-state index is -0.103. The van der Waals surface area contributed by atoms with Crippen molar-refractivity contribution in [3.63, 3.8) is 0 Å². The van der Waals surface area contributed by atoms with Gasteiger partial charge in [-0.1, -0.05) is 12.1 Å². The molecular formula is C17H19NO3. The second-order valence-electron chi connectivity index (χ2n) is 4.49. The molecule has 0 aliphatic rings. The predicted molar refractivity (Wildman–Crippen MR) is 81.8 cm³/mol. The van der Waals surface area contributed by atoms with Gasteiger partial charge in [-0.25, -0.2) is 0 Å². The maximum absolute atomic E-state index is 12.0. The lowest BCUT2D eigenvalue weighted by molar-refractivity contribution is 0.0951. The average Bonchev–Trinajstić information content (AvgIpc) is 2.54. The first-order valence-corrected chi connectivity index (χ1v) is 6.87. The zero-order chi connectivity index (χ0) is 15.1. The van der Waals surface area contributed by atoms with Gasteiger partial charge < -0.3 is 14.8 Å². The van der Waals surface area contributed by atoms with Crippen molar-refractivity contribution in [1.82, 2.24) is 5.32 Å². The van der Waals surface area contributed by atoms with Gasteiger partial charge in [0.25, 0.3) is 5.91 Å². The molecule has 2 rings (SSSR count). The number of methoxy groups -OCH3 is 1. The molecule has 0 saturated carbocycles. The second kappa shape index (κ2) is 7.33. The van der Waals surface area contributed by atoms with Crippen LogP contribution in [0.3, 0.4) is 0 Å². The number of carbonyl (C=O) groups excluding carboxylic acids is 1. The summed E-state index contributed by atoms with van der Waals surface area (Å²) >= 11 is 0. The van der Waals surface area contributed by atoms with Crippen LogP contribution in [0.5, 0.6) is 11.5 Å². The molecule has 0 aliphatic heterocycles. The molecule has 0 aromatic heterocycles. The average molecular weight is 285 g/mol. The molecule has 1 N–H and O–H groups in total. The highest BCUT2D eigenvalue weighted by Gasteiger charge is 2.05. The topological polar surface area (TPSA) is 47.6 Å². The van der Waals surface area contributed by atoms with Crippen molar-refractivity contribution >= 4 is 5.91 Å². The summed E-state index contributed by atoms with van der Waals surface area (Å²) in [5.41, 5.74) is 1.64. The van der Waals surface area contributed by atoms with E-state index in [9.17, 15) is 4.79 Å². The van der Waals surface area contributed by atoms with E-state index in [1.165, 1.54) is 0 Å². The summed E-state index contributed by atoms with van der Waals surface area (Å²) < 4.78 is 10.4. The van der Waals surface area contributed by atoms with E-state index in [0.717, 1.165) is 17.1 Å². The monoisotopic (exact) mass is 285 g/mol. The van der Waals surface area contributed by atoms with Gasteiger partial charge in [-0.3, -0.25) is 4.79 Å². The molecule has 0 saturated heterocycles. The number of rotatable bonds is 6. The standard InChI is InChI=1S/C17H19NO3/c1-3-21-16-10-6-14(7-11-16)17(19)18-12-13-4-8-15(20-2)9-5-13/h4-11H,3,12H2,1-2H3,(H,18,19). The van der Waals surface area contributed by atoms with Crippen molar-refractivity contribution < 1.29 is 14.3 Å². The van der Waals surface area contributed by atoms with Crippen LogP contribution >= 0.6 is 0 Å². The van der Waals surface area contributed by atoms with Gasteiger partial charge >= 0.3 is 0 Å². The fraction of sp³-hybridized carbons (Fsp3) is 0.235. The van der Waals surface area contributed by atoms with Crippen LogP contribution in [0.4, 0.5) is 0 Å². The van der Waals surface area contributed by atoms with E-state index in [2.05, 4.69) is 5.32 Å². The first-order chi connectivity index (χ1) is 10.2. The third kappa shape index (κ3) is 4.24. The molecule has 2 aromatic rings. The summed E-state index contributed by atoms with van der Waals surface area (Å²) in [6, 6.07) is 14.7. The highest BCUT2D eigenvalue weighted by atomic mass is 16.5. The highest BCUT2D eigenvalue weighted by Crippen LogP contribution is 2.13. The molecule has 0 unspecified atom stereocenters. The first kappa shape index (κ1) is 14.9. The Hall–Kier alpha value is -2.49. The SMILES string of the molecule is CCOc1ccc(C(=O)NCc2ccc(OC)cc2)cc1. The largest absolute Gasteiger partial charge is 0.497 e. The Labute approximate surface area is 124 Å². The molecule has 110 valence electrons. The van der Waals surface area contributed by atoms with Gasteiger partial charge in [0.1, 0.15) is 11.5 Å². The molecule has 0 heterocycles. The van der Waals surface area contributed by atoms with Crippen molar-refractivity contribution in [1.29, 1.82) is 0 Å². The Bertz CT molecular complexity index is 576. The maximum Gasteiger partial charge on any atom is 0.251 e. The van der Waals surface area contributed by atoms with Crippen molar-refractivity contribution in [2.75, 3.05) is 13.7 Å². The summed E-state index contributed by atoms with van der Waals surface area (Å²) in [5, 5.41) is 2.88. The molecule has 0 atom stereocenters. The Morgan fingerprint density at radius 3 is 2.19 bits per heavy atom. The summed E-state index contributed by atoms with van der Waals surface area (Å²) in [4.78, 5) is 12.0. The molecule has 4 nitrogen and oxygen atoms in total. The van der Waals surface area contributed by atoms with Crippen molar-refractivity contribution in [2.24, 2.45) is 0 Å². The van der Waals surface area contributed by atoms with Crippen LogP contribution in [0, 0.1) is 0 Å². The van der Waals surface area contributed by atoms with Gasteiger partial charge in [0, 0.05) is 12.1 Å². The Balaban J connectivity index is 1.91. The van der Waals surface area contributed by atoms with E-state index in [1.54, 1.807) is 31.4 Å². The number of carbonyl (C=O) groups is 1. The first-order valence-electron chi connectivity index (χ1n) is 6.87. The molecule has 4 heteroatoms. The lowest BCUT2D eigenvalue weighted by Gasteiger charge is -2.07.